The predicted octanol–water partition coefficient (Wildman–Crippen LogP) is 3.18. The maximum atomic E-state index is 3.87. The standard InChI is InChI=1S/C17H26N2/c1-16-9-10-17(2,18-16)12-15(11-16)19(3)13-14-7-5-4-6-8-14/h4-8,15,18H,9-13H2,1-3H3/t15-,16+,17-. The molecular weight excluding hydrogens is 232 g/mol. The third-order valence-corrected chi connectivity index (χ3v) is 5.10. The van der Waals surface area contributed by atoms with E-state index in [1.807, 2.05) is 0 Å². The van der Waals surface area contributed by atoms with Crippen LogP contribution in [-0.2, 0) is 6.54 Å². The number of piperidine rings is 1. The van der Waals surface area contributed by atoms with E-state index in [4.69, 9.17) is 0 Å². The lowest BCUT2D eigenvalue weighted by Crippen LogP contribution is -2.58. The van der Waals surface area contributed by atoms with E-state index in [2.05, 4.69) is 61.4 Å². The molecule has 1 aromatic rings. The number of benzene rings is 1. The Morgan fingerprint density at radius 2 is 1.68 bits per heavy atom. The summed E-state index contributed by atoms with van der Waals surface area (Å²) in [6, 6.07) is 11.5. The van der Waals surface area contributed by atoms with Gasteiger partial charge in [-0.3, -0.25) is 4.90 Å². The number of nitrogens with one attached hydrogen (secondary N) is 1. The summed E-state index contributed by atoms with van der Waals surface area (Å²) in [5.41, 5.74) is 2.15. The van der Waals surface area contributed by atoms with Gasteiger partial charge in [0.25, 0.3) is 0 Å². The zero-order valence-corrected chi connectivity index (χ0v) is 12.4. The molecule has 2 bridgehead atoms. The molecule has 1 aromatic carbocycles. The Balaban J connectivity index is 1.69. The van der Waals surface area contributed by atoms with Gasteiger partial charge in [-0.15, -0.1) is 0 Å². The summed E-state index contributed by atoms with van der Waals surface area (Å²) < 4.78 is 0. The monoisotopic (exact) mass is 258 g/mol. The van der Waals surface area contributed by atoms with Crippen molar-refractivity contribution < 1.29 is 0 Å². The SMILES string of the molecule is CN(Cc1ccccc1)[C@@H]1C[C@]2(C)CC[C@](C)(C1)N2. The van der Waals surface area contributed by atoms with Crippen molar-refractivity contribution in [2.24, 2.45) is 0 Å². The van der Waals surface area contributed by atoms with Crippen LogP contribution in [0.4, 0.5) is 0 Å². The highest BCUT2D eigenvalue weighted by Gasteiger charge is 2.49. The average molecular weight is 258 g/mol. The second-order valence-corrected chi connectivity index (χ2v) is 7.21. The minimum atomic E-state index is 0.364. The molecule has 2 heterocycles. The fourth-order valence-electron chi connectivity index (χ4n) is 4.14. The van der Waals surface area contributed by atoms with Gasteiger partial charge in [0.2, 0.25) is 0 Å². The summed E-state index contributed by atoms with van der Waals surface area (Å²) in [5.74, 6) is 0. The first-order valence-corrected chi connectivity index (χ1v) is 7.52. The summed E-state index contributed by atoms with van der Waals surface area (Å²) >= 11 is 0. The Kier molecular flexibility index (Phi) is 3.18. The van der Waals surface area contributed by atoms with Gasteiger partial charge in [0, 0.05) is 23.7 Å². The first-order valence-electron chi connectivity index (χ1n) is 7.52. The van der Waals surface area contributed by atoms with E-state index < -0.39 is 0 Å². The molecule has 3 atom stereocenters. The second-order valence-electron chi connectivity index (χ2n) is 7.21. The molecule has 2 heteroatoms. The van der Waals surface area contributed by atoms with Crippen LogP contribution in [0.5, 0.6) is 0 Å². The average Bonchev–Trinajstić information content (AvgIpc) is 2.59. The molecule has 2 fully saturated rings. The molecule has 2 aliphatic rings. The van der Waals surface area contributed by atoms with Gasteiger partial charge >= 0.3 is 0 Å². The van der Waals surface area contributed by atoms with Gasteiger partial charge in [0.05, 0.1) is 0 Å². The first kappa shape index (κ1) is 13.1. The normalized spacial score (nSPS) is 37.8. The van der Waals surface area contributed by atoms with Crippen LogP contribution in [0, 0.1) is 0 Å². The van der Waals surface area contributed by atoms with Gasteiger partial charge in [0.1, 0.15) is 0 Å². The molecular formula is C17H26N2. The van der Waals surface area contributed by atoms with Gasteiger partial charge in [-0.1, -0.05) is 30.3 Å². The van der Waals surface area contributed by atoms with Gasteiger partial charge < -0.3 is 5.32 Å². The van der Waals surface area contributed by atoms with E-state index in [0.717, 1.165) is 6.54 Å². The van der Waals surface area contributed by atoms with E-state index in [1.54, 1.807) is 0 Å². The third-order valence-electron chi connectivity index (χ3n) is 5.10. The summed E-state index contributed by atoms with van der Waals surface area (Å²) in [6.45, 7) is 5.87. The largest absolute Gasteiger partial charge is 0.306 e. The quantitative estimate of drug-likeness (QED) is 0.896. The molecule has 0 amide bonds. The van der Waals surface area contributed by atoms with Gasteiger partial charge in [-0.05, 0) is 52.1 Å². The molecule has 0 unspecified atom stereocenters. The minimum Gasteiger partial charge on any atom is -0.306 e. The summed E-state index contributed by atoms with van der Waals surface area (Å²) in [7, 11) is 2.29. The molecule has 1 N–H and O–H groups in total. The molecule has 0 aromatic heterocycles. The van der Waals surface area contributed by atoms with Crippen molar-refractivity contribution in [2.45, 2.75) is 63.2 Å². The van der Waals surface area contributed by atoms with Crippen molar-refractivity contribution >= 4 is 0 Å². The third kappa shape index (κ3) is 2.70. The van der Waals surface area contributed by atoms with Crippen molar-refractivity contribution in [1.29, 1.82) is 0 Å². The van der Waals surface area contributed by atoms with Gasteiger partial charge in [-0.2, -0.15) is 0 Å². The van der Waals surface area contributed by atoms with Crippen molar-refractivity contribution in [3.63, 3.8) is 0 Å². The topological polar surface area (TPSA) is 15.3 Å². The molecule has 2 saturated heterocycles. The molecule has 0 aliphatic carbocycles. The lowest BCUT2D eigenvalue weighted by molar-refractivity contribution is 0.104. The Hall–Kier alpha value is -0.860. The molecule has 0 saturated carbocycles. The predicted molar refractivity (Wildman–Crippen MR) is 80.1 cm³/mol. The highest BCUT2D eigenvalue weighted by molar-refractivity contribution is 5.15. The summed E-state index contributed by atoms with van der Waals surface area (Å²) in [4.78, 5) is 2.55. The maximum absolute atomic E-state index is 3.87. The van der Waals surface area contributed by atoms with Crippen LogP contribution in [0.2, 0.25) is 0 Å². The highest BCUT2D eigenvalue weighted by Crippen LogP contribution is 2.43. The molecule has 3 rings (SSSR count). The van der Waals surface area contributed by atoms with Crippen molar-refractivity contribution in [1.82, 2.24) is 10.2 Å². The molecule has 0 radical (unpaired) electrons. The van der Waals surface area contributed by atoms with E-state index in [9.17, 15) is 0 Å². The first-order chi connectivity index (χ1) is 8.98. The van der Waals surface area contributed by atoms with Crippen LogP contribution in [0.1, 0.15) is 45.1 Å². The Morgan fingerprint density at radius 3 is 2.26 bits per heavy atom. The number of hydrogen-bond donors (Lipinski definition) is 1. The zero-order chi connectivity index (χ0) is 13.5. The zero-order valence-electron chi connectivity index (χ0n) is 12.4. The van der Waals surface area contributed by atoms with E-state index in [0.29, 0.717) is 17.1 Å². The van der Waals surface area contributed by atoms with Gasteiger partial charge in [-0.25, -0.2) is 0 Å². The fraction of sp³-hybridized carbons (Fsp3) is 0.647. The molecule has 2 nitrogen and oxygen atoms in total. The van der Waals surface area contributed by atoms with Crippen LogP contribution in [-0.4, -0.2) is 29.1 Å². The van der Waals surface area contributed by atoms with Crippen LogP contribution < -0.4 is 5.32 Å². The van der Waals surface area contributed by atoms with Crippen LogP contribution in [0.15, 0.2) is 30.3 Å². The number of nitrogens with zero attached hydrogens (tertiary/aromatic N) is 1. The van der Waals surface area contributed by atoms with E-state index in [1.165, 1.54) is 31.2 Å². The number of rotatable bonds is 3. The van der Waals surface area contributed by atoms with Crippen molar-refractivity contribution in [3.05, 3.63) is 35.9 Å². The molecule has 0 spiro atoms. The maximum Gasteiger partial charge on any atom is 0.0233 e. The Labute approximate surface area is 117 Å². The van der Waals surface area contributed by atoms with Crippen LogP contribution in [0.25, 0.3) is 0 Å². The number of hydrogen-bond acceptors (Lipinski definition) is 2. The summed E-state index contributed by atoms with van der Waals surface area (Å²) in [6.07, 6.45) is 5.23. The second kappa shape index (κ2) is 4.60. The Morgan fingerprint density at radius 1 is 1.11 bits per heavy atom. The minimum absolute atomic E-state index is 0.364. The van der Waals surface area contributed by atoms with Crippen LogP contribution in [0.3, 0.4) is 0 Å². The molecule has 19 heavy (non-hydrogen) atoms. The van der Waals surface area contributed by atoms with Crippen molar-refractivity contribution in [2.75, 3.05) is 7.05 Å². The summed E-state index contributed by atoms with van der Waals surface area (Å²) in [5, 5.41) is 3.87. The van der Waals surface area contributed by atoms with E-state index in [-0.39, 0.29) is 0 Å². The van der Waals surface area contributed by atoms with Crippen LogP contribution >= 0.6 is 0 Å². The van der Waals surface area contributed by atoms with Gasteiger partial charge in [0.15, 0.2) is 0 Å². The lowest BCUT2D eigenvalue weighted by Gasteiger charge is -2.45. The molecule has 104 valence electrons. The van der Waals surface area contributed by atoms with E-state index >= 15 is 0 Å². The van der Waals surface area contributed by atoms with Crippen molar-refractivity contribution in [3.8, 4) is 0 Å². The number of fused-ring (bicyclic) bond motifs is 2. The molecule has 2 aliphatic heterocycles. The Bertz CT molecular complexity index is 426. The smallest absolute Gasteiger partial charge is 0.0233 e. The highest BCUT2D eigenvalue weighted by atomic mass is 15.2. The lowest BCUT2D eigenvalue weighted by atomic mass is 9.84. The fourth-order valence-corrected chi connectivity index (χ4v) is 4.14.